The van der Waals surface area contributed by atoms with E-state index in [9.17, 15) is 4.79 Å². The lowest BCUT2D eigenvalue weighted by molar-refractivity contribution is 0.0739. The number of benzene rings is 1. The Kier molecular flexibility index (Phi) is 6.39. The minimum atomic E-state index is -0.143. The molecule has 0 radical (unpaired) electrons. The molecule has 0 spiro atoms. The molecule has 4 rings (SSSR count). The summed E-state index contributed by atoms with van der Waals surface area (Å²) < 4.78 is 12.1. The summed E-state index contributed by atoms with van der Waals surface area (Å²) in [6.45, 7) is 1.17. The average Bonchev–Trinajstić information content (AvgIpc) is 3.11. The van der Waals surface area contributed by atoms with Gasteiger partial charge in [0.25, 0.3) is 11.9 Å². The van der Waals surface area contributed by atoms with Crippen LogP contribution in [0.5, 0.6) is 0 Å². The molecule has 1 aliphatic carbocycles. The highest BCUT2D eigenvalue weighted by molar-refractivity contribution is 5.95. The van der Waals surface area contributed by atoms with Gasteiger partial charge in [-0.1, -0.05) is 24.3 Å². The number of carbonyl (C=O) groups excluding carboxylic acids is 1. The van der Waals surface area contributed by atoms with Crippen LogP contribution < -0.4 is 0 Å². The first kappa shape index (κ1) is 21.1. The summed E-state index contributed by atoms with van der Waals surface area (Å²) in [7, 11) is 4.94. The van der Waals surface area contributed by atoms with Crippen LogP contribution in [0.25, 0.3) is 17.2 Å². The number of aromatic nitrogens is 4. The van der Waals surface area contributed by atoms with Crippen LogP contribution in [-0.2, 0) is 28.9 Å². The quantitative estimate of drug-likeness (QED) is 0.583. The van der Waals surface area contributed by atoms with Crippen molar-refractivity contribution in [3.8, 4) is 17.2 Å². The predicted octanol–water partition coefficient (Wildman–Crippen LogP) is 2.68. The number of hydrogen-bond donors (Lipinski definition) is 0. The molecule has 0 aliphatic heterocycles. The van der Waals surface area contributed by atoms with Crippen molar-refractivity contribution in [1.82, 2.24) is 24.6 Å². The molecular formula is C23H27N5O3. The predicted molar refractivity (Wildman–Crippen MR) is 116 cm³/mol. The maximum atomic E-state index is 13.0. The average molecular weight is 422 g/mol. The van der Waals surface area contributed by atoms with E-state index < -0.39 is 0 Å². The first-order valence-corrected chi connectivity index (χ1v) is 10.4. The molecule has 0 saturated heterocycles. The highest BCUT2D eigenvalue weighted by Crippen LogP contribution is 2.31. The zero-order valence-electron chi connectivity index (χ0n) is 18.2. The highest BCUT2D eigenvalue weighted by Gasteiger charge is 2.24. The van der Waals surface area contributed by atoms with Gasteiger partial charge in [0.15, 0.2) is 0 Å². The normalized spacial score (nSPS) is 12.7. The zero-order valence-corrected chi connectivity index (χ0v) is 18.2. The van der Waals surface area contributed by atoms with Crippen molar-refractivity contribution in [2.45, 2.75) is 25.9 Å². The Morgan fingerprint density at radius 1 is 1.13 bits per heavy atom. The molecule has 0 bridgehead atoms. The van der Waals surface area contributed by atoms with Gasteiger partial charge in [-0.25, -0.2) is 9.97 Å². The van der Waals surface area contributed by atoms with Crippen molar-refractivity contribution in [3.05, 3.63) is 59.0 Å². The number of amides is 1. The molecule has 31 heavy (non-hydrogen) atoms. The van der Waals surface area contributed by atoms with Crippen molar-refractivity contribution in [3.63, 3.8) is 0 Å². The Morgan fingerprint density at radius 2 is 1.94 bits per heavy atom. The van der Waals surface area contributed by atoms with Gasteiger partial charge in [-0.15, -0.1) is 0 Å². The fourth-order valence-electron chi connectivity index (χ4n) is 3.89. The van der Waals surface area contributed by atoms with Gasteiger partial charge in [0.1, 0.15) is 0 Å². The number of hydrogen-bond acceptors (Lipinski definition) is 6. The fourth-order valence-corrected chi connectivity index (χ4v) is 3.89. The zero-order chi connectivity index (χ0) is 21.8. The van der Waals surface area contributed by atoms with Gasteiger partial charge in [-0.3, -0.25) is 4.79 Å². The van der Waals surface area contributed by atoms with Crippen LogP contribution in [0.4, 0.5) is 0 Å². The van der Waals surface area contributed by atoms with Gasteiger partial charge >= 0.3 is 0 Å². The maximum absolute atomic E-state index is 13.0. The topological polar surface area (TPSA) is 82.4 Å². The Balaban J connectivity index is 1.75. The molecule has 8 nitrogen and oxygen atoms in total. The van der Waals surface area contributed by atoms with Crippen molar-refractivity contribution in [2.75, 3.05) is 34.4 Å². The van der Waals surface area contributed by atoms with Gasteiger partial charge in [0.2, 0.25) is 0 Å². The van der Waals surface area contributed by atoms with Gasteiger partial charge in [0.05, 0.1) is 36.4 Å². The van der Waals surface area contributed by atoms with Crippen LogP contribution >= 0.6 is 0 Å². The standard InChI is InChI=1S/C23H27N5O3/c1-27(11-12-30-2)22(29)19-14-25-28(20(19)15-31-3)23-24-13-17-9-6-8-16-7-4-5-10-18(16)21(17)26-23/h4-5,7,10,13-14H,6,8-9,11-12,15H2,1-3H3. The van der Waals surface area contributed by atoms with E-state index >= 15 is 0 Å². The molecule has 1 amide bonds. The maximum Gasteiger partial charge on any atom is 0.257 e. The first-order chi connectivity index (χ1) is 15.1. The van der Waals surface area contributed by atoms with E-state index in [4.69, 9.17) is 14.5 Å². The number of rotatable bonds is 7. The summed E-state index contributed by atoms with van der Waals surface area (Å²) in [5, 5.41) is 4.45. The molecule has 1 aliphatic rings. The lowest BCUT2D eigenvalue weighted by Crippen LogP contribution is -2.30. The molecule has 2 heterocycles. The number of methoxy groups -OCH3 is 2. The third-order valence-electron chi connectivity index (χ3n) is 5.56. The van der Waals surface area contributed by atoms with Gasteiger partial charge in [-0.2, -0.15) is 9.78 Å². The minimum absolute atomic E-state index is 0.143. The summed E-state index contributed by atoms with van der Waals surface area (Å²) in [6, 6.07) is 8.36. The molecule has 0 saturated carbocycles. The van der Waals surface area contributed by atoms with Crippen molar-refractivity contribution in [1.29, 1.82) is 0 Å². The number of ether oxygens (including phenoxy) is 2. The van der Waals surface area contributed by atoms with Crippen molar-refractivity contribution in [2.24, 2.45) is 0 Å². The molecule has 0 N–H and O–H groups in total. The molecule has 0 atom stereocenters. The van der Waals surface area contributed by atoms with Crippen LogP contribution in [0.1, 0.15) is 33.6 Å². The number of nitrogens with zero attached hydrogens (tertiary/aromatic N) is 5. The van der Waals surface area contributed by atoms with Crippen LogP contribution in [0.2, 0.25) is 0 Å². The molecule has 1 aromatic carbocycles. The molecule has 3 aromatic rings. The summed E-state index contributed by atoms with van der Waals surface area (Å²) in [5.41, 5.74) is 5.58. The molecule has 0 unspecified atom stereocenters. The van der Waals surface area contributed by atoms with Gasteiger partial charge < -0.3 is 14.4 Å². The smallest absolute Gasteiger partial charge is 0.257 e. The van der Waals surface area contributed by atoms with E-state index in [2.05, 4.69) is 28.3 Å². The number of fused-ring (bicyclic) bond motifs is 3. The minimum Gasteiger partial charge on any atom is -0.383 e. The van der Waals surface area contributed by atoms with Crippen LogP contribution in [0, 0.1) is 0 Å². The Hall–Kier alpha value is -3.10. The molecule has 162 valence electrons. The first-order valence-electron chi connectivity index (χ1n) is 10.4. The van der Waals surface area contributed by atoms with E-state index in [-0.39, 0.29) is 12.5 Å². The fraction of sp³-hybridized carbons (Fsp3) is 0.391. The third kappa shape index (κ3) is 4.22. The van der Waals surface area contributed by atoms with E-state index in [0.717, 1.165) is 36.1 Å². The lowest BCUT2D eigenvalue weighted by atomic mass is 10.0. The molecule has 2 aromatic heterocycles. The summed E-state index contributed by atoms with van der Waals surface area (Å²) in [6.07, 6.45) is 6.45. The Labute approximate surface area is 181 Å². The molecule has 0 fully saturated rings. The second-order valence-corrected chi connectivity index (χ2v) is 7.62. The molecule has 8 heteroatoms. The van der Waals surface area contributed by atoms with Crippen LogP contribution in [0.15, 0.2) is 36.7 Å². The van der Waals surface area contributed by atoms with E-state index in [0.29, 0.717) is 30.4 Å². The summed E-state index contributed by atoms with van der Waals surface area (Å²) in [5.74, 6) is 0.288. The van der Waals surface area contributed by atoms with E-state index in [1.54, 1.807) is 37.0 Å². The number of aryl methyl sites for hydroxylation is 2. The summed E-state index contributed by atoms with van der Waals surface area (Å²) >= 11 is 0. The second kappa shape index (κ2) is 9.36. The van der Waals surface area contributed by atoms with Crippen molar-refractivity contribution < 1.29 is 14.3 Å². The largest absolute Gasteiger partial charge is 0.383 e. The monoisotopic (exact) mass is 421 g/mol. The van der Waals surface area contributed by atoms with Crippen LogP contribution in [-0.4, -0.2) is 65.0 Å². The Bertz CT molecular complexity index is 1080. The van der Waals surface area contributed by atoms with E-state index in [1.165, 1.54) is 5.56 Å². The van der Waals surface area contributed by atoms with Gasteiger partial charge in [0, 0.05) is 39.6 Å². The Morgan fingerprint density at radius 3 is 2.74 bits per heavy atom. The SMILES string of the molecule is COCCN(C)C(=O)c1cnn(-c2ncc3c(n2)-c2ccccc2CCC3)c1COC. The van der Waals surface area contributed by atoms with Gasteiger partial charge in [-0.05, 0) is 30.4 Å². The van der Waals surface area contributed by atoms with Crippen LogP contribution in [0.3, 0.4) is 0 Å². The highest BCUT2D eigenvalue weighted by atomic mass is 16.5. The molecular weight excluding hydrogens is 394 g/mol. The third-order valence-corrected chi connectivity index (χ3v) is 5.56. The second-order valence-electron chi connectivity index (χ2n) is 7.62. The number of likely N-dealkylation sites (N-methyl/N-ethyl adjacent to an activating group) is 1. The van der Waals surface area contributed by atoms with Crippen molar-refractivity contribution >= 4 is 5.91 Å². The number of carbonyl (C=O) groups is 1. The van der Waals surface area contributed by atoms with E-state index in [1.807, 2.05) is 12.3 Å². The summed E-state index contributed by atoms with van der Waals surface area (Å²) in [4.78, 5) is 24.0. The lowest BCUT2D eigenvalue weighted by Gasteiger charge is -2.17.